The van der Waals surface area contributed by atoms with Gasteiger partial charge >= 0.3 is 0 Å². The summed E-state index contributed by atoms with van der Waals surface area (Å²) in [7, 11) is 0. The third-order valence-electron chi connectivity index (χ3n) is 3.90. The molecule has 2 heterocycles. The fraction of sp³-hybridized carbons (Fsp3) is 0.211. The van der Waals surface area contributed by atoms with Crippen molar-refractivity contribution in [3.05, 3.63) is 77.6 Å². The van der Waals surface area contributed by atoms with Gasteiger partial charge in [-0.05, 0) is 73.6 Å². The fourth-order valence-corrected chi connectivity index (χ4v) is 2.65. The first-order chi connectivity index (χ1) is 11.6. The largest absolute Gasteiger partial charge is 0.467 e. The molecule has 1 N–H and O–H groups in total. The molecule has 0 radical (unpaired) electrons. The van der Waals surface area contributed by atoms with Gasteiger partial charge in [0.2, 0.25) is 0 Å². The highest BCUT2D eigenvalue weighted by atomic mass is 32.1. The number of hydrogen-bond acceptors (Lipinski definition) is 3. The fourth-order valence-electron chi connectivity index (χ4n) is 2.40. The molecule has 0 unspecified atom stereocenters. The number of furan rings is 2. The van der Waals surface area contributed by atoms with E-state index in [0.717, 1.165) is 17.2 Å². The Bertz CT molecular complexity index is 759. The molecule has 24 heavy (non-hydrogen) atoms. The van der Waals surface area contributed by atoms with Crippen molar-refractivity contribution < 1.29 is 8.83 Å². The summed E-state index contributed by atoms with van der Waals surface area (Å²) in [5, 5.41) is 3.94. The summed E-state index contributed by atoms with van der Waals surface area (Å²) in [6, 6.07) is 13.8. The molecule has 0 bridgehead atoms. The van der Waals surface area contributed by atoms with Gasteiger partial charge in [0.05, 0.1) is 25.6 Å². The summed E-state index contributed by atoms with van der Waals surface area (Å²) in [5.74, 6) is 1.71. The van der Waals surface area contributed by atoms with Crippen molar-refractivity contribution in [1.29, 1.82) is 0 Å². The molecule has 0 aliphatic rings. The van der Waals surface area contributed by atoms with Crippen molar-refractivity contribution in [2.45, 2.75) is 26.9 Å². The summed E-state index contributed by atoms with van der Waals surface area (Å²) in [6.07, 6.45) is 3.33. The Morgan fingerprint density at radius 2 is 1.58 bits per heavy atom. The molecule has 0 aliphatic heterocycles. The van der Waals surface area contributed by atoms with Crippen LogP contribution < -0.4 is 5.32 Å². The molecular weight excluding hydrogens is 320 g/mol. The molecule has 3 aromatic rings. The molecule has 0 spiro atoms. The molecule has 0 saturated carbocycles. The van der Waals surface area contributed by atoms with Crippen LogP contribution in [-0.4, -0.2) is 10.0 Å². The number of nitrogens with one attached hydrogen (secondary N) is 1. The summed E-state index contributed by atoms with van der Waals surface area (Å²) in [4.78, 5) is 2.02. The van der Waals surface area contributed by atoms with Crippen LogP contribution >= 0.6 is 12.2 Å². The summed E-state index contributed by atoms with van der Waals surface area (Å²) < 4.78 is 10.9. The molecule has 0 fully saturated rings. The van der Waals surface area contributed by atoms with E-state index >= 15 is 0 Å². The van der Waals surface area contributed by atoms with Gasteiger partial charge in [-0.3, -0.25) is 0 Å². The smallest absolute Gasteiger partial charge is 0.174 e. The second-order valence-electron chi connectivity index (χ2n) is 5.74. The topological polar surface area (TPSA) is 41.5 Å². The van der Waals surface area contributed by atoms with Gasteiger partial charge in [0.25, 0.3) is 0 Å². The van der Waals surface area contributed by atoms with Crippen molar-refractivity contribution in [3.8, 4) is 0 Å². The second kappa shape index (κ2) is 7.36. The quantitative estimate of drug-likeness (QED) is 0.670. The first kappa shape index (κ1) is 16.3. The lowest BCUT2D eigenvalue weighted by molar-refractivity contribution is 0.329. The zero-order valence-corrected chi connectivity index (χ0v) is 14.6. The highest BCUT2D eigenvalue weighted by Crippen LogP contribution is 2.17. The van der Waals surface area contributed by atoms with E-state index in [2.05, 4.69) is 31.3 Å². The van der Waals surface area contributed by atoms with Gasteiger partial charge in [-0.25, -0.2) is 0 Å². The highest BCUT2D eigenvalue weighted by Gasteiger charge is 2.14. The third-order valence-corrected chi connectivity index (χ3v) is 4.26. The normalized spacial score (nSPS) is 10.6. The van der Waals surface area contributed by atoms with Crippen LogP contribution in [0.4, 0.5) is 5.69 Å². The minimum Gasteiger partial charge on any atom is -0.467 e. The molecule has 4 nitrogen and oxygen atoms in total. The molecule has 0 aliphatic carbocycles. The maximum atomic E-state index is 5.61. The van der Waals surface area contributed by atoms with Crippen LogP contribution in [-0.2, 0) is 13.1 Å². The summed E-state index contributed by atoms with van der Waals surface area (Å²) >= 11 is 5.61. The highest BCUT2D eigenvalue weighted by molar-refractivity contribution is 7.80. The van der Waals surface area contributed by atoms with E-state index < -0.39 is 0 Å². The minimum atomic E-state index is 0.574. The van der Waals surface area contributed by atoms with Gasteiger partial charge in [-0.1, -0.05) is 6.07 Å². The van der Waals surface area contributed by atoms with Crippen molar-refractivity contribution in [2.75, 3.05) is 5.32 Å². The Kier molecular flexibility index (Phi) is 5.01. The Hall–Kier alpha value is -2.53. The minimum absolute atomic E-state index is 0.574. The van der Waals surface area contributed by atoms with Crippen LogP contribution in [0.5, 0.6) is 0 Å². The number of hydrogen-bond donors (Lipinski definition) is 1. The van der Waals surface area contributed by atoms with Gasteiger partial charge < -0.3 is 19.1 Å². The van der Waals surface area contributed by atoms with Crippen LogP contribution in [0.1, 0.15) is 22.6 Å². The molecule has 5 heteroatoms. The Balaban J connectivity index is 1.75. The van der Waals surface area contributed by atoms with Crippen molar-refractivity contribution in [1.82, 2.24) is 4.90 Å². The molecule has 0 saturated heterocycles. The molecule has 3 rings (SSSR count). The van der Waals surface area contributed by atoms with Crippen LogP contribution in [0, 0.1) is 13.8 Å². The lowest BCUT2D eigenvalue weighted by Crippen LogP contribution is -2.33. The van der Waals surface area contributed by atoms with E-state index in [-0.39, 0.29) is 0 Å². The monoisotopic (exact) mass is 340 g/mol. The summed E-state index contributed by atoms with van der Waals surface area (Å²) in [5.41, 5.74) is 3.47. The SMILES string of the molecule is Cc1ccc(NC(=S)N(Cc2ccco2)Cc2ccco2)cc1C. The second-order valence-corrected chi connectivity index (χ2v) is 6.13. The van der Waals surface area contributed by atoms with E-state index in [1.165, 1.54) is 11.1 Å². The van der Waals surface area contributed by atoms with E-state index in [1.54, 1.807) is 12.5 Å². The average molecular weight is 340 g/mol. The molecule has 0 amide bonds. The van der Waals surface area contributed by atoms with Crippen molar-refractivity contribution in [3.63, 3.8) is 0 Å². The van der Waals surface area contributed by atoms with Gasteiger partial charge in [-0.15, -0.1) is 0 Å². The van der Waals surface area contributed by atoms with Crippen LogP contribution in [0.2, 0.25) is 0 Å². The number of aryl methyl sites for hydroxylation is 2. The first-order valence-electron chi connectivity index (χ1n) is 7.80. The number of anilines is 1. The van der Waals surface area contributed by atoms with Crippen LogP contribution in [0.15, 0.2) is 63.8 Å². The van der Waals surface area contributed by atoms with Crippen molar-refractivity contribution in [2.24, 2.45) is 0 Å². The predicted molar refractivity (Wildman–Crippen MR) is 98.8 cm³/mol. The first-order valence-corrected chi connectivity index (χ1v) is 8.20. The van der Waals surface area contributed by atoms with E-state index in [0.29, 0.717) is 18.2 Å². The van der Waals surface area contributed by atoms with Gasteiger partial charge in [0.1, 0.15) is 11.5 Å². The molecule has 0 atom stereocenters. The van der Waals surface area contributed by atoms with Crippen LogP contribution in [0.25, 0.3) is 0 Å². The van der Waals surface area contributed by atoms with Crippen molar-refractivity contribution >= 4 is 23.0 Å². The van der Waals surface area contributed by atoms with E-state index in [1.807, 2.05) is 35.2 Å². The number of rotatable bonds is 5. The van der Waals surface area contributed by atoms with Crippen LogP contribution in [0.3, 0.4) is 0 Å². The molecule has 2 aromatic heterocycles. The average Bonchev–Trinajstić information content (AvgIpc) is 3.24. The maximum Gasteiger partial charge on any atom is 0.174 e. The maximum absolute atomic E-state index is 5.61. The number of nitrogens with zero attached hydrogens (tertiary/aromatic N) is 1. The van der Waals surface area contributed by atoms with Gasteiger partial charge in [0.15, 0.2) is 5.11 Å². The predicted octanol–water partition coefficient (Wildman–Crippen LogP) is 4.89. The zero-order chi connectivity index (χ0) is 16.9. The third kappa shape index (κ3) is 4.06. The lowest BCUT2D eigenvalue weighted by Gasteiger charge is -2.24. The zero-order valence-electron chi connectivity index (χ0n) is 13.8. The Morgan fingerprint density at radius 3 is 2.08 bits per heavy atom. The Labute approximate surface area is 147 Å². The summed E-state index contributed by atoms with van der Waals surface area (Å²) in [6.45, 7) is 5.33. The standard InChI is InChI=1S/C19H20N2O2S/c1-14-7-8-16(11-15(14)2)20-19(24)21(12-17-5-3-9-22-17)13-18-6-4-10-23-18/h3-11H,12-13H2,1-2H3,(H,20,24). The number of benzene rings is 1. The van der Waals surface area contributed by atoms with E-state index in [9.17, 15) is 0 Å². The Morgan fingerprint density at radius 1 is 0.958 bits per heavy atom. The molecule has 1 aromatic carbocycles. The number of thiocarbonyl (C=S) groups is 1. The van der Waals surface area contributed by atoms with Gasteiger partial charge in [0, 0.05) is 5.69 Å². The lowest BCUT2D eigenvalue weighted by atomic mass is 10.1. The molecular formula is C19H20N2O2S. The van der Waals surface area contributed by atoms with Gasteiger partial charge in [-0.2, -0.15) is 0 Å². The molecule has 124 valence electrons. The van der Waals surface area contributed by atoms with E-state index in [4.69, 9.17) is 21.1 Å².